The van der Waals surface area contributed by atoms with Crippen LogP contribution in [-0.2, 0) is 14.3 Å². The van der Waals surface area contributed by atoms with E-state index in [1.165, 1.54) is 0 Å². The molecule has 0 radical (unpaired) electrons. The molecule has 0 aromatic carbocycles. The lowest BCUT2D eigenvalue weighted by Crippen LogP contribution is -2.45. The Morgan fingerprint density at radius 2 is 1.93 bits per heavy atom. The smallest absolute Gasteiger partial charge is 0.336 e. The Morgan fingerprint density at radius 3 is 2.57 bits per heavy atom. The van der Waals surface area contributed by atoms with Crippen LogP contribution < -0.4 is 0 Å². The number of fused-ring (bicyclic) bond motifs is 1. The Balaban J connectivity index is 2.22. The van der Waals surface area contributed by atoms with Crippen molar-refractivity contribution in [2.24, 2.45) is 5.92 Å². The number of carbonyl (C=O) groups excluding carboxylic acids is 1. The first-order valence-electron chi connectivity index (χ1n) is 5.22. The molecule has 2 aliphatic heterocycles. The molecular formula is C11H18O3. The van der Waals surface area contributed by atoms with E-state index in [-0.39, 0.29) is 29.2 Å². The van der Waals surface area contributed by atoms with E-state index in [0.717, 1.165) is 12.8 Å². The summed E-state index contributed by atoms with van der Waals surface area (Å²) >= 11 is 0. The number of esters is 1. The average Bonchev–Trinajstić information content (AvgIpc) is 2.20. The van der Waals surface area contributed by atoms with Crippen molar-refractivity contribution in [2.45, 2.75) is 57.8 Å². The van der Waals surface area contributed by atoms with Crippen LogP contribution in [0.4, 0.5) is 0 Å². The highest BCUT2D eigenvalue weighted by Gasteiger charge is 2.54. The number of hydrogen-bond donors (Lipinski definition) is 0. The zero-order chi connectivity index (χ0) is 10.6. The predicted octanol–water partition coefficient (Wildman–Crippen LogP) is 1.90. The van der Waals surface area contributed by atoms with Gasteiger partial charge in [0.1, 0.15) is 5.60 Å². The molecule has 2 atom stereocenters. The lowest BCUT2D eigenvalue weighted by molar-refractivity contribution is -0.163. The molecule has 0 aromatic heterocycles. The van der Waals surface area contributed by atoms with E-state index in [4.69, 9.17) is 9.47 Å². The van der Waals surface area contributed by atoms with Gasteiger partial charge in [0.05, 0.1) is 5.60 Å². The summed E-state index contributed by atoms with van der Waals surface area (Å²) in [5, 5.41) is 0. The summed E-state index contributed by atoms with van der Waals surface area (Å²) in [5.41, 5.74) is -0.529. The maximum absolute atomic E-state index is 11.6. The highest BCUT2D eigenvalue weighted by Crippen LogP contribution is 2.44. The maximum Gasteiger partial charge on any atom is 0.336 e. The number of carbonyl (C=O) groups is 1. The number of rotatable bonds is 0. The molecule has 80 valence electrons. The molecule has 2 rings (SSSR count). The van der Waals surface area contributed by atoms with Crippen LogP contribution in [0.15, 0.2) is 0 Å². The monoisotopic (exact) mass is 198 g/mol. The molecule has 0 spiro atoms. The van der Waals surface area contributed by atoms with Gasteiger partial charge in [-0.1, -0.05) is 0 Å². The van der Waals surface area contributed by atoms with E-state index < -0.39 is 0 Å². The summed E-state index contributed by atoms with van der Waals surface area (Å²) in [7, 11) is 0. The van der Waals surface area contributed by atoms with Gasteiger partial charge in [-0.25, -0.2) is 4.79 Å². The van der Waals surface area contributed by atoms with E-state index in [0.29, 0.717) is 0 Å². The van der Waals surface area contributed by atoms with Crippen LogP contribution in [0.3, 0.4) is 0 Å². The second-order valence-corrected chi connectivity index (χ2v) is 5.47. The molecular weight excluding hydrogens is 180 g/mol. The Morgan fingerprint density at radius 1 is 1.29 bits per heavy atom. The summed E-state index contributed by atoms with van der Waals surface area (Å²) in [6.07, 6.45) is 1.67. The fraction of sp³-hybridized carbons (Fsp3) is 0.909. The van der Waals surface area contributed by atoms with E-state index in [9.17, 15) is 4.79 Å². The van der Waals surface area contributed by atoms with Gasteiger partial charge < -0.3 is 9.47 Å². The Bertz CT molecular complexity index is 268. The fourth-order valence-electron chi connectivity index (χ4n) is 2.46. The Kier molecular flexibility index (Phi) is 1.94. The average molecular weight is 198 g/mol. The molecule has 3 nitrogen and oxygen atoms in total. The first-order chi connectivity index (χ1) is 6.32. The van der Waals surface area contributed by atoms with Crippen molar-refractivity contribution in [2.75, 3.05) is 0 Å². The SMILES string of the molecule is CC1(C)CC[C@H]2[C@H](O1)C(=O)OC2(C)C. The maximum atomic E-state index is 11.6. The minimum atomic E-state index is -0.349. The summed E-state index contributed by atoms with van der Waals surface area (Å²) < 4.78 is 11.1. The molecule has 14 heavy (non-hydrogen) atoms. The van der Waals surface area contributed by atoms with E-state index >= 15 is 0 Å². The lowest BCUT2D eigenvalue weighted by atomic mass is 9.79. The quantitative estimate of drug-likeness (QED) is 0.558. The Hall–Kier alpha value is -0.570. The summed E-state index contributed by atoms with van der Waals surface area (Å²) in [6.45, 7) is 8.00. The van der Waals surface area contributed by atoms with Crippen molar-refractivity contribution < 1.29 is 14.3 Å². The third kappa shape index (κ3) is 1.44. The third-order valence-corrected chi connectivity index (χ3v) is 3.36. The molecule has 0 bridgehead atoms. The van der Waals surface area contributed by atoms with Crippen LogP contribution in [0, 0.1) is 5.92 Å². The van der Waals surface area contributed by atoms with Crippen molar-refractivity contribution in [3.8, 4) is 0 Å². The second-order valence-electron chi connectivity index (χ2n) is 5.47. The van der Waals surface area contributed by atoms with Gasteiger partial charge in [-0.3, -0.25) is 0 Å². The van der Waals surface area contributed by atoms with Gasteiger partial charge in [0, 0.05) is 5.92 Å². The zero-order valence-corrected chi connectivity index (χ0v) is 9.29. The van der Waals surface area contributed by atoms with Gasteiger partial charge in [-0.2, -0.15) is 0 Å². The molecule has 0 unspecified atom stereocenters. The molecule has 2 fully saturated rings. The molecule has 0 amide bonds. The minimum absolute atomic E-state index is 0.180. The van der Waals surface area contributed by atoms with Crippen molar-refractivity contribution in [1.29, 1.82) is 0 Å². The highest BCUT2D eigenvalue weighted by molar-refractivity contribution is 5.78. The Labute approximate surface area is 84.8 Å². The van der Waals surface area contributed by atoms with Crippen LogP contribution >= 0.6 is 0 Å². The van der Waals surface area contributed by atoms with E-state index in [2.05, 4.69) is 0 Å². The van der Waals surface area contributed by atoms with Crippen LogP contribution in [0.5, 0.6) is 0 Å². The van der Waals surface area contributed by atoms with Gasteiger partial charge in [0.15, 0.2) is 6.10 Å². The molecule has 2 heterocycles. The molecule has 2 saturated heterocycles. The summed E-state index contributed by atoms with van der Waals surface area (Å²) in [6, 6.07) is 0. The molecule has 0 N–H and O–H groups in total. The van der Waals surface area contributed by atoms with Crippen molar-refractivity contribution in [3.05, 3.63) is 0 Å². The first-order valence-corrected chi connectivity index (χ1v) is 5.22. The van der Waals surface area contributed by atoms with Gasteiger partial charge in [-0.05, 0) is 40.5 Å². The standard InChI is InChI=1S/C11H18O3/c1-10(2)6-5-7-8(13-10)9(12)14-11(7,3)4/h7-8H,5-6H2,1-4H3/t7-,8-/m0/s1. The summed E-state index contributed by atoms with van der Waals surface area (Å²) in [5.74, 6) is 0.0378. The third-order valence-electron chi connectivity index (χ3n) is 3.36. The summed E-state index contributed by atoms with van der Waals surface area (Å²) in [4.78, 5) is 11.6. The van der Waals surface area contributed by atoms with Crippen molar-refractivity contribution in [1.82, 2.24) is 0 Å². The van der Waals surface area contributed by atoms with Crippen LogP contribution in [0.25, 0.3) is 0 Å². The van der Waals surface area contributed by atoms with E-state index in [1.54, 1.807) is 0 Å². The number of ether oxygens (including phenoxy) is 2. The van der Waals surface area contributed by atoms with Gasteiger partial charge >= 0.3 is 5.97 Å². The second kappa shape index (κ2) is 2.72. The van der Waals surface area contributed by atoms with Gasteiger partial charge in [0.2, 0.25) is 0 Å². The predicted molar refractivity (Wildman–Crippen MR) is 51.8 cm³/mol. The molecule has 0 saturated carbocycles. The molecule has 3 heteroatoms. The van der Waals surface area contributed by atoms with Crippen LogP contribution in [-0.4, -0.2) is 23.3 Å². The minimum Gasteiger partial charge on any atom is -0.457 e. The van der Waals surface area contributed by atoms with Crippen LogP contribution in [0.2, 0.25) is 0 Å². The highest BCUT2D eigenvalue weighted by atomic mass is 16.6. The molecule has 2 aliphatic rings. The first kappa shape index (κ1) is 9.97. The molecule has 0 aromatic rings. The fourth-order valence-corrected chi connectivity index (χ4v) is 2.46. The largest absolute Gasteiger partial charge is 0.457 e. The zero-order valence-electron chi connectivity index (χ0n) is 9.29. The molecule has 0 aliphatic carbocycles. The number of cyclic esters (lactones) is 1. The van der Waals surface area contributed by atoms with Gasteiger partial charge in [-0.15, -0.1) is 0 Å². The number of hydrogen-bond acceptors (Lipinski definition) is 3. The van der Waals surface area contributed by atoms with Crippen LogP contribution in [0.1, 0.15) is 40.5 Å². The van der Waals surface area contributed by atoms with Crippen molar-refractivity contribution >= 4 is 5.97 Å². The van der Waals surface area contributed by atoms with E-state index in [1.807, 2.05) is 27.7 Å². The topological polar surface area (TPSA) is 35.5 Å². The lowest BCUT2D eigenvalue weighted by Gasteiger charge is -2.38. The van der Waals surface area contributed by atoms with Gasteiger partial charge in [0.25, 0.3) is 0 Å². The normalized spacial score (nSPS) is 39.0. The van der Waals surface area contributed by atoms with Crippen molar-refractivity contribution in [3.63, 3.8) is 0 Å².